The number of ether oxygens (including phenoxy) is 1. The Kier molecular flexibility index (Phi) is 5.73. The summed E-state index contributed by atoms with van der Waals surface area (Å²) < 4.78 is 4.74. The van der Waals surface area contributed by atoms with Gasteiger partial charge in [0.05, 0.1) is 19.6 Å². The first-order valence-corrected chi connectivity index (χ1v) is 9.66. The summed E-state index contributed by atoms with van der Waals surface area (Å²) in [5, 5.41) is 4.93. The number of carbonyl (C=O) groups is 3. The first kappa shape index (κ1) is 17.9. The number of rotatable bonds is 6. The first-order chi connectivity index (χ1) is 12.1. The molecule has 2 amide bonds. The maximum absolute atomic E-state index is 12.6. The van der Waals surface area contributed by atoms with Crippen LogP contribution >= 0.6 is 11.3 Å². The number of hydrogen-bond acceptors (Lipinski definition) is 5. The second-order valence-corrected chi connectivity index (χ2v) is 7.71. The van der Waals surface area contributed by atoms with Crippen molar-refractivity contribution in [3.05, 3.63) is 22.4 Å². The molecule has 25 heavy (non-hydrogen) atoms. The van der Waals surface area contributed by atoms with Crippen molar-refractivity contribution in [1.29, 1.82) is 0 Å². The number of likely N-dealkylation sites (tertiary alicyclic amines) is 1. The average Bonchev–Trinajstić information content (AvgIpc) is 3.34. The predicted molar refractivity (Wildman–Crippen MR) is 93.9 cm³/mol. The lowest BCUT2D eigenvalue weighted by molar-refractivity contribution is -0.142. The smallest absolute Gasteiger partial charge is 0.307 e. The zero-order valence-electron chi connectivity index (χ0n) is 14.4. The van der Waals surface area contributed by atoms with Gasteiger partial charge in [-0.15, -0.1) is 11.3 Å². The molecular formula is C18H24N2O4S. The van der Waals surface area contributed by atoms with E-state index in [1.807, 2.05) is 22.4 Å². The Hall–Kier alpha value is -1.89. The summed E-state index contributed by atoms with van der Waals surface area (Å²) in [5.41, 5.74) is 0. The largest absolute Gasteiger partial charge is 0.469 e. The molecule has 2 aliphatic rings. The highest BCUT2D eigenvalue weighted by Crippen LogP contribution is 2.32. The Morgan fingerprint density at radius 1 is 1.24 bits per heavy atom. The topological polar surface area (TPSA) is 75.7 Å². The lowest BCUT2D eigenvalue weighted by atomic mass is 9.95. The molecule has 0 radical (unpaired) electrons. The molecule has 0 spiro atoms. The maximum atomic E-state index is 12.6. The van der Waals surface area contributed by atoms with Gasteiger partial charge in [-0.25, -0.2) is 0 Å². The number of amides is 2. The Balaban J connectivity index is 1.54. The molecule has 6 nitrogen and oxygen atoms in total. The van der Waals surface area contributed by atoms with Crippen LogP contribution in [0.4, 0.5) is 0 Å². The van der Waals surface area contributed by atoms with Crippen LogP contribution in [0.15, 0.2) is 17.5 Å². The summed E-state index contributed by atoms with van der Waals surface area (Å²) in [6.45, 7) is 1.29. The van der Waals surface area contributed by atoms with Gasteiger partial charge in [0, 0.05) is 29.8 Å². The van der Waals surface area contributed by atoms with E-state index in [2.05, 4.69) is 5.32 Å². The van der Waals surface area contributed by atoms with Crippen LogP contribution in [0.25, 0.3) is 0 Å². The molecule has 1 aliphatic carbocycles. The monoisotopic (exact) mass is 364 g/mol. The summed E-state index contributed by atoms with van der Waals surface area (Å²) in [5.74, 6) is -0.0117. The SMILES string of the molecule is COC(=O)CC(NC(=O)C1CCN(C(=O)C2CC2)CC1)c1cccs1. The van der Waals surface area contributed by atoms with Crippen molar-refractivity contribution in [3.63, 3.8) is 0 Å². The highest BCUT2D eigenvalue weighted by molar-refractivity contribution is 7.10. The molecule has 1 atom stereocenters. The fraction of sp³-hybridized carbons (Fsp3) is 0.611. The van der Waals surface area contributed by atoms with Crippen LogP contribution in [0.5, 0.6) is 0 Å². The third kappa shape index (κ3) is 4.60. The molecule has 2 fully saturated rings. The second-order valence-electron chi connectivity index (χ2n) is 6.73. The van der Waals surface area contributed by atoms with Crippen molar-refractivity contribution in [2.45, 2.75) is 38.1 Å². The molecule has 2 heterocycles. The summed E-state index contributed by atoms with van der Waals surface area (Å²) in [6.07, 6.45) is 3.51. The molecule has 136 valence electrons. The molecule has 0 bridgehead atoms. The van der Waals surface area contributed by atoms with Gasteiger partial charge in [-0.05, 0) is 37.1 Å². The van der Waals surface area contributed by atoms with Gasteiger partial charge in [0.25, 0.3) is 0 Å². The van der Waals surface area contributed by atoms with Gasteiger partial charge >= 0.3 is 5.97 Å². The summed E-state index contributed by atoms with van der Waals surface area (Å²) >= 11 is 1.51. The van der Waals surface area contributed by atoms with Crippen LogP contribution < -0.4 is 5.32 Å². The van der Waals surface area contributed by atoms with Gasteiger partial charge in [-0.2, -0.15) is 0 Å². The van der Waals surface area contributed by atoms with E-state index in [9.17, 15) is 14.4 Å². The van der Waals surface area contributed by atoms with Crippen LogP contribution in [0.2, 0.25) is 0 Å². The van der Waals surface area contributed by atoms with Gasteiger partial charge in [0.2, 0.25) is 11.8 Å². The molecule has 1 aromatic rings. The molecule has 1 saturated carbocycles. The zero-order chi connectivity index (χ0) is 17.8. The van der Waals surface area contributed by atoms with E-state index in [0.717, 1.165) is 17.7 Å². The standard InChI is InChI=1S/C18H24N2O4S/c1-24-16(21)11-14(15-3-2-10-25-15)19-17(22)12-6-8-20(9-7-12)18(23)13-4-5-13/h2-3,10,12-14H,4-9,11H2,1H3,(H,19,22). The number of thiophene rings is 1. The summed E-state index contributed by atoms with van der Waals surface area (Å²) in [6, 6.07) is 3.46. The number of hydrogen-bond donors (Lipinski definition) is 1. The van der Waals surface area contributed by atoms with Gasteiger partial charge in [-0.3, -0.25) is 14.4 Å². The predicted octanol–water partition coefficient (Wildman–Crippen LogP) is 2.12. The minimum Gasteiger partial charge on any atom is -0.469 e. The van der Waals surface area contributed by atoms with Crippen LogP contribution in [0.1, 0.15) is 43.0 Å². The molecule has 1 aliphatic heterocycles. The number of methoxy groups -OCH3 is 1. The van der Waals surface area contributed by atoms with E-state index >= 15 is 0 Å². The van der Waals surface area contributed by atoms with Crippen LogP contribution in [0, 0.1) is 11.8 Å². The summed E-state index contributed by atoms with van der Waals surface area (Å²) in [4.78, 5) is 39.2. The quantitative estimate of drug-likeness (QED) is 0.785. The summed E-state index contributed by atoms with van der Waals surface area (Å²) in [7, 11) is 1.35. The number of nitrogens with one attached hydrogen (secondary N) is 1. The van der Waals surface area contributed by atoms with Gasteiger partial charge in [0.1, 0.15) is 0 Å². The Morgan fingerprint density at radius 2 is 1.96 bits per heavy atom. The number of piperidine rings is 1. The average molecular weight is 364 g/mol. The van der Waals surface area contributed by atoms with E-state index < -0.39 is 0 Å². The fourth-order valence-electron chi connectivity index (χ4n) is 3.20. The minimum absolute atomic E-state index is 0.0409. The molecule has 3 rings (SSSR count). The first-order valence-electron chi connectivity index (χ1n) is 8.78. The van der Waals surface area contributed by atoms with Crippen molar-refractivity contribution in [3.8, 4) is 0 Å². The van der Waals surface area contributed by atoms with Crippen LogP contribution in [-0.4, -0.2) is 42.9 Å². The fourth-order valence-corrected chi connectivity index (χ4v) is 3.98. The van der Waals surface area contributed by atoms with Gasteiger partial charge in [0.15, 0.2) is 0 Å². The van der Waals surface area contributed by atoms with Gasteiger partial charge < -0.3 is 15.0 Å². The molecule has 1 saturated heterocycles. The highest BCUT2D eigenvalue weighted by Gasteiger charge is 2.36. The maximum Gasteiger partial charge on any atom is 0.307 e. The van der Waals surface area contributed by atoms with Crippen molar-refractivity contribution >= 4 is 29.1 Å². The van der Waals surface area contributed by atoms with Crippen molar-refractivity contribution in [2.75, 3.05) is 20.2 Å². The molecule has 7 heteroatoms. The van der Waals surface area contributed by atoms with E-state index in [1.54, 1.807) is 0 Å². The Bertz CT molecular complexity index is 619. The number of carbonyl (C=O) groups excluding carboxylic acids is 3. The van der Waals surface area contributed by atoms with Crippen molar-refractivity contribution in [1.82, 2.24) is 10.2 Å². The van der Waals surface area contributed by atoms with E-state index in [1.165, 1.54) is 18.4 Å². The third-order valence-electron chi connectivity index (χ3n) is 4.91. The molecule has 0 aromatic carbocycles. The van der Waals surface area contributed by atoms with E-state index in [4.69, 9.17) is 4.74 Å². The van der Waals surface area contributed by atoms with Gasteiger partial charge in [-0.1, -0.05) is 6.07 Å². The van der Waals surface area contributed by atoms with Crippen LogP contribution in [-0.2, 0) is 19.1 Å². The third-order valence-corrected chi connectivity index (χ3v) is 5.89. The number of nitrogens with zero attached hydrogens (tertiary/aromatic N) is 1. The Morgan fingerprint density at radius 3 is 2.52 bits per heavy atom. The Labute approximate surface area is 151 Å². The van der Waals surface area contributed by atoms with Crippen molar-refractivity contribution < 1.29 is 19.1 Å². The normalized spacial score (nSPS) is 19.3. The molecule has 1 aromatic heterocycles. The van der Waals surface area contributed by atoms with Crippen LogP contribution in [0.3, 0.4) is 0 Å². The zero-order valence-corrected chi connectivity index (χ0v) is 15.2. The minimum atomic E-state index is -0.355. The van der Waals surface area contributed by atoms with Crippen molar-refractivity contribution in [2.24, 2.45) is 11.8 Å². The van der Waals surface area contributed by atoms with E-state index in [-0.39, 0.29) is 42.1 Å². The lowest BCUT2D eigenvalue weighted by Gasteiger charge is -2.32. The van der Waals surface area contributed by atoms with E-state index in [0.29, 0.717) is 25.9 Å². The lowest BCUT2D eigenvalue weighted by Crippen LogP contribution is -2.44. The highest BCUT2D eigenvalue weighted by atomic mass is 32.1. The number of esters is 1. The molecule has 1 unspecified atom stereocenters. The second kappa shape index (κ2) is 7.99. The molecule has 1 N–H and O–H groups in total. The molecular weight excluding hydrogens is 340 g/mol.